The third kappa shape index (κ3) is 3.62. The number of likely N-dealkylation sites (N-methyl/N-ethyl adjacent to an activating group) is 2. The van der Waals surface area contributed by atoms with E-state index in [4.69, 9.17) is 0 Å². The van der Waals surface area contributed by atoms with E-state index in [0.717, 1.165) is 19.5 Å². The van der Waals surface area contributed by atoms with Gasteiger partial charge in [-0.1, -0.05) is 31.2 Å². The maximum Gasteiger partial charge on any atom is 0.0317 e. The number of nitrogens with zero attached hydrogens (tertiary/aromatic N) is 1. The van der Waals surface area contributed by atoms with E-state index in [2.05, 4.69) is 55.4 Å². The average molecular weight is 220 g/mol. The lowest BCUT2D eigenvalue weighted by Gasteiger charge is -2.25. The quantitative estimate of drug-likeness (QED) is 0.792. The molecule has 1 atom stereocenters. The molecular weight excluding hydrogens is 196 g/mol. The summed E-state index contributed by atoms with van der Waals surface area (Å²) in [5, 5.41) is 3.18. The van der Waals surface area contributed by atoms with Gasteiger partial charge in [-0.2, -0.15) is 0 Å². The number of hydrogen-bond donors (Lipinski definition) is 1. The summed E-state index contributed by atoms with van der Waals surface area (Å²) in [6.45, 7) is 6.56. The number of nitrogens with one attached hydrogen (secondary N) is 1. The Morgan fingerprint density at radius 3 is 2.38 bits per heavy atom. The molecule has 0 radical (unpaired) electrons. The van der Waals surface area contributed by atoms with Crippen LogP contribution in [0.15, 0.2) is 24.3 Å². The standard InChI is InChI=1S/C14H24N2/c1-5-13-6-8-14(9-7-13)12(2)16(4)11-10-15-3/h6-9,12,15H,5,10-11H2,1-4H3. The van der Waals surface area contributed by atoms with Crippen molar-refractivity contribution < 1.29 is 0 Å². The highest BCUT2D eigenvalue weighted by Crippen LogP contribution is 2.18. The summed E-state index contributed by atoms with van der Waals surface area (Å²) in [6, 6.07) is 9.45. The minimum absolute atomic E-state index is 0.485. The zero-order valence-corrected chi connectivity index (χ0v) is 11.0. The summed E-state index contributed by atoms with van der Waals surface area (Å²) in [5.41, 5.74) is 2.81. The number of rotatable bonds is 6. The first-order valence-electron chi connectivity index (χ1n) is 6.12. The molecule has 16 heavy (non-hydrogen) atoms. The molecule has 90 valence electrons. The van der Waals surface area contributed by atoms with Gasteiger partial charge in [-0.15, -0.1) is 0 Å². The molecule has 2 nitrogen and oxygen atoms in total. The highest BCUT2D eigenvalue weighted by molar-refractivity contribution is 5.24. The van der Waals surface area contributed by atoms with Crippen molar-refractivity contribution in [2.75, 3.05) is 27.2 Å². The first-order valence-corrected chi connectivity index (χ1v) is 6.12. The van der Waals surface area contributed by atoms with Crippen molar-refractivity contribution in [2.45, 2.75) is 26.3 Å². The number of benzene rings is 1. The number of aryl methyl sites for hydroxylation is 1. The summed E-state index contributed by atoms with van der Waals surface area (Å²) in [6.07, 6.45) is 1.12. The molecule has 0 saturated heterocycles. The van der Waals surface area contributed by atoms with Crippen LogP contribution in [0.1, 0.15) is 31.0 Å². The second-order valence-corrected chi connectivity index (χ2v) is 4.36. The zero-order valence-electron chi connectivity index (χ0n) is 11.0. The lowest BCUT2D eigenvalue weighted by Crippen LogP contribution is -2.29. The lowest BCUT2D eigenvalue weighted by atomic mass is 10.0. The summed E-state index contributed by atoms with van der Waals surface area (Å²) < 4.78 is 0. The van der Waals surface area contributed by atoms with E-state index >= 15 is 0 Å². The van der Waals surface area contributed by atoms with Crippen LogP contribution >= 0.6 is 0 Å². The van der Waals surface area contributed by atoms with Crippen LogP contribution in [0.4, 0.5) is 0 Å². The van der Waals surface area contributed by atoms with E-state index in [-0.39, 0.29) is 0 Å². The summed E-state index contributed by atoms with van der Waals surface area (Å²) in [4.78, 5) is 2.37. The van der Waals surface area contributed by atoms with Crippen LogP contribution in [0.5, 0.6) is 0 Å². The zero-order chi connectivity index (χ0) is 12.0. The van der Waals surface area contributed by atoms with Crippen LogP contribution in [0.2, 0.25) is 0 Å². The maximum absolute atomic E-state index is 3.18. The van der Waals surface area contributed by atoms with Crippen molar-refractivity contribution in [1.29, 1.82) is 0 Å². The third-order valence-corrected chi connectivity index (χ3v) is 3.25. The molecule has 1 unspecified atom stereocenters. The van der Waals surface area contributed by atoms with Gasteiger partial charge in [-0.3, -0.25) is 4.90 Å². The van der Waals surface area contributed by atoms with E-state index in [1.54, 1.807) is 0 Å². The minimum atomic E-state index is 0.485. The molecule has 0 spiro atoms. The topological polar surface area (TPSA) is 15.3 Å². The molecule has 1 aromatic carbocycles. The van der Waals surface area contributed by atoms with Crippen molar-refractivity contribution in [3.05, 3.63) is 35.4 Å². The van der Waals surface area contributed by atoms with Crippen LogP contribution in [0, 0.1) is 0 Å². The fourth-order valence-corrected chi connectivity index (χ4v) is 1.77. The Hall–Kier alpha value is -0.860. The third-order valence-electron chi connectivity index (χ3n) is 3.25. The lowest BCUT2D eigenvalue weighted by molar-refractivity contribution is 0.263. The van der Waals surface area contributed by atoms with Gasteiger partial charge >= 0.3 is 0 Å². The molecule has 0 heterocycles. The first-order chi connectivity index (χ1) is 7.69. The summed E-state index contributed by atoms with van der Waals surface area (Å²) >= 11 is 0. The van der Waals surface area contributed by atoms with Gasteiger partial charge in [0.25, 0.3) is 0 Å². The maximum atomic E-state index is 3.18. The molecule has 0 aliphatic rings. The van der Waals surface area contributed by atoms with Crippen molar-refractivity contribution in [3.63, 3.8) is 0 Å². The molecular formula is C14H24N2. The van der Waals surface area contributed by atoms with Crippen LogP contribution < -0.4 is 5.32 Å². The minimum Gasteiger partial charge on any atom is -0.318 e. The Bertz CT molecular complexity index is 292. The predicted octanol–water partition coefficient (Wildman–Crippen LogP) is 2.46. The second kappa shape index (κ2) is 6.66. The monoisotopic (exact) mass is 220 g/mol. The smallest absolute Gasteiger partial charge is 0.0317 e. The Morgan fingerprint density at radius 1 is 1.25 bits per heavy atom. The molecule has 0 aliphatic heterocycles. The molecule has 0 amide bonds. The van der Waals surface area contributed by atoms with Crippen molar-refractivity contribution >= 4 is 0 Å². The average Bonchev–Trinajstić information content (AvgIpc) is 2.35. The largest absolute Gasteiger partial charge is 0.318 e. The van der Waals surface area contributed by atoms with Crippen molar-refractivity contribution in [3.8, 4) is 0 Å². The van der Waals surface area contributed by atoms with Gasteiger partial charge < -0.3 is 5.32 Å². The van der Waals surface area contributed by atoms with Gasteiger partial charge in [0.1, 0.15) is 0 Å². The molecule has 0 aliphatic carbocycles. The summed E-state index contributed by atoms with van der Waals surface area (Å²) in [7, 11) is 4.17. The molecule has 1 N–H and O–H groups in total. The van der Waals surface area contributed by atoms with E-state index in [1.807, 2.05) is 7.05 Å². The van der Waals surface area contributed by atoms with E-state index in [9.17, 15) is 0 Å². The Labute approximate surface area is 99.7 Å². The predicted molar refractivity (Wildman–Crippen MR) is 70.8 cm³/mol. The molecule has 1 aromatic rings. The van der Waals surface area contributed by atoms with Crippen molar-refractivity contribution in [2.24, 2.45) is 0 Å². The highest BCUT2D eigenvalue weighted by Gasteiger charge is 2.10. The van der Waals surface area contributed by atoms with Crippen LogP contribution in [0.25, 0.3) is 0 Å². The normalized spacial score (nSPS) is 13.1. The first kappa shape index (κ1) is 13.2. The van der Waals surface area contributed by atoms with E-state index in [0.29, 0.717) is 6.04 Å². The van der Waals surface area contributed by atoms with Crippen LogP contribution in [0.3, 0.4) is 0 Å². The van der Waals surface area contributed by atoms with Crippen LogP contribution in [-0.4, -0.2) is 32.1 Å². The van der Waals surface area contributed by atoms with E-state index in [1.165, 1.54) is 11.1 Å². The second-order valence-electron chi connectivity index (χ2n) is 4.36. The van der Waals surface area contributed by atoms with Crippen molar-refractivity contribution in [1.82, 2.24) is 10.2 Å². The van der Waals surface area contributed by atoms with Gasteiger partial charge in [-0.05, 0) is 38.6 Å². The van der Waals surface area contributed by atoms with E-state index < -0.39 is 0 Å². The Kier molecular flexibility index (Phi) is 5.50. The molecule has 0 aromatic heterocycles. The van der Waals surface area contributed by atoms with Gasteiger partial charge in [0, 0.05) is 19.1 Å². The molecule has 0 fully saturated rings. The Balaban J connectivity index is 2.60. The molecule has 0 bridgehead atoms. The van der Waals surface area contributed by atoms with Gasteiger partial charge in [0.15, 0.2) is 0 Å². The molecule has 2 heteroatoms. The molecule has 0 saturated carbocycles. The fraction of sp³-hybridized carbons (Fsp3) is 0.571. The van der Waals surface area contributed by atoms with Crippen LogP contribution in [-0.2, 0) is 6.42 Å². The highest BCUT2D eigenvalue weighted by atomic mass is 15.1. The van der Waals surface area contributed by atoms with Gasteiger partial charge in [0.2, 0.25) is 0 Å². The molecule has 1 rings (SSSR count). The number of hydrogen-bond acceptors (Lipinski definition) is 2. The summed E-state index contributed by atoms with van der Waals surface area (Å²) in [5.74, 6) is 0. The van der Waals surface area contributed by atoms with Gasteiger partial charge in [-0.25, -0.2) is 0 Å². The Morgan fingerprint density at radius 2 is 1.88 bits per heavy atom. The fourth-order valence-electron chi connectivity index (χ4n) is 1.77. The SMILES string of the molecule is CCc1ccc(C(C)N(C)CCNC)cc1. The van der Waals surface area contributed by atoms with Gasteiger partial charge in [0.05, 0.1) is 0 Å².